The van der Waals surface area contributed by atoms with E-state index in [1.165, 1.54) is 19.5 Å². The van der Waals surface area contributed by atoms with Gasteiger partial charge in [0.1, 0.15) is 5.82 Å². The van der Waals surface area contributed by atoms with Crippen molar-refractivity contribution in [3.63, 3.8) is 0 Å². The maximum atomic E-state index is 11.4. The van der Waals surface area contributed by atoms with Crippen LogP contribution >= 0.6 is 0 Å². The molecule has 1 fully saturated rings. The van der Waals surface area contributed by atoms with E-state index in [9.17, 15) is 9.59 Å². The van der Waals surface area contributed by atoms with E-state index in [4.69, 9.17) is 5.11 Å². The van der Waals surface area contributed by atoms with Crippen molar-refractivity contribution < 1.29 is 19.4 Å². The summed E-state index contributed by atoms with van der Waals surface area (Å²) in [7, 11) is 1.27. The Balaban J connectivity index is 2.19. The third-order valence-electron chi connectivity index (χ3n) is 3.27. The van der Waals surface area contributed by atoms with Gasteiger partial charge in [-0.05, 0) is 5.92 Å². The highest BCUT2D eigenvalue weighted by molar-refractivity contribution is 5.87. The van der Waals surface area contributed by atoms with Crippen LogP contribution in [-0.4, -0.2) is 47.2 Å². The van der Waals surface area contributed by atoms with Crippen LogP contribution in [0, 0.1) is 11.8 Å². The van der Waals surface area contributed by atoms with Crippen molar-refractivity contribution in [1.29, 1.82) is 0 Å². The molecule has 7 nitrogen and oxygen atoms in total. The molecular weight excluding hydrogens is 250 g/mol. The number of carboxylic acids is 1. The Kier molecular flexibility index (Phi) is 3.64. The molecule has 0 spiro atoms. The summed E-state index contributed by atoms with van der Waals surface area (Å²) in [6, 6.07) is 0. The molecule has 1 N–H and O–H groups in total. The minimum atomic E-state index is -0.813. The zero-order chi connectivity index (χ0) is 14.0. The lowest BCUT2D eigenvalue weighted by molar-refractivity contribution is -0.142. The first-order valence-corrected chi connectivity index (χ1v) is 5.91. The molecule has 7 heteroatoms. The number of hydrogen-bond donors (Lipinski definition) is 1. The number of carbonyl (C=O) groups excluding carboxylic acids is 1. The average Bonchev–Trinajstić information content (AvgIpc) is 2.80. The Bertz CT molecular complexity index is 506. The molecule has 2 atom stereocenters. The normalized spacial score (nSPS) is 22.3. The van der Waals surface area contributed by atoms with E-state index >= 15 is 0 Å². The summed E-state index contributed by atoms with van der Waals surface area (Å²) in [5.41, 5.74) is 0.117. The molecule has 1 aromatic rings. The second-order valence-corrected chi connectivity index (χ2v) is 4.58. The summed E-state index contributed by atoms with van der Waals surface area (Å²) >= 11 is 0. The molecule has 0 radical (unpaired) electrons. The van der Waals surface area contributed by atoms with Gasteiger partial charge in [-0.15, -0.1) is 0 Å². The molecule has 0 unspecified atom stereocenters. The zero-order valence-corrected chi connectivity index (χ0v) is 10.7. The summed E-state index contributed by atoms with van der Waals surface area (Å²) in [5.74, 6) is -1.27. The van der Waals surface area contributed by atoms with Crippen LogP contribution in [0.4, 0.5) is 5.82 Å². The minimum Gasteiger partial charge on any atom is -0.481 e. The van der Waals surface area contributed by atoms with Crippen LogP contribution in [0.2, 0.25) is 0 Å². The van der Waals surface area contributed by atoms with Gasteiger partial charge in [0.2, 0.25) is 0 Å². The zero-order valence-electron chi connectivity index (χ0n) is 10.7. The fraction of sp³-hybridized carbons (Fsp3) is 0.500. The molecule has 102 valence electrons. The van der Waals surface area contributed by atoms with Crippen molar-refractivity contribution in [3.8, 4) is 0 Å². The molecule has 2 heterocycles. The second-order valence-electron chi connectivity index (χ2n) is 4.58. The van der Waals surface area contributed by atoms with Crippen LogP contribution in [-0.2, 0) is 9.53 Å². The van der Waals surface area contributed by atoms with Gasteiger partial charge in [0.15, 0.2) is 5.69 Å². The molecule has 0 aliphatic carbocycles. The van der Waals surface area contributed by atoms with Crippen molar-refractivity contribution in [2.45, 2.75) is 6.92 Å². The van der Waals surface area contributed by atoms with Gasteiger partial charge in [-0.25, -0.2) is 9.78 Å². The Morgan fingerprint density at radius 1 is 1.42 bits per heavy atom. The number of ether oxygens (including phenoxy) is 1. The first kappa shape index (κ1) is 13.3. The highest BCUT2D eigenvalue weighted by atomic mass is 16.5. The van der Waals surface area contributed by atoms with Gasteiger partial charge in [-0.1, -0.05) is 6.92 Å². The van der Waals surface area contributed by atoms with E-state index in [0.717, 1.165) is 0 Å². The number of aromatic nitrogens is 2. The highest BCUT2D eigenvalue weighted by Crippen LogP contribution is 2.26. The van der Waals surface area contributed by atoms with Crippen LogP contribution in [0.5, 0.6) is 0 Å². The molecule has 2 rings (SSSR count). The number of carbonyl (C=O) groups is 2. The SMILES string of the molecule is COC(=O)c1cncc(N2C[C@@H](C)[C@H](C(=O)O)C2)n1. The lowest BCUT2D eigenvalue weighted by Gasteiger charge is -2.16. The third kappa shape index (κ3) is 2.64. The monoisotopic (exact) mass is 265 g/mol. The smallest absolute Gasteiger partial charge is 0.358 e. The van der Waals surface area contributed by atoms with Crippen LogP contribution in [0.3, 0.4) is 0 Å². The fourth-order valence-corrected chi connectivity index (χ4v) is 2.19. The molecule has 0 bridgehead atoms. The number of nitrogens with zero attached hydrogens (tertiary/aromatic N) is 3. The molecule has 19 heavy (non-hydrogen) atoms. The molecular formula is C12H15N3O4. The van der Waals surface area contributed by atoms with Gasteiger partial charge in [0, 0.05) is 13.1 Å². The fourth-order valence-electron chi connectivity index (χ4n) is 2.19. The third-order valence-corrected chi connectivity index (χ3v) is 3.27. The first-order valence-electron chi connectivity index (χ1n) is 5.91. The Hall–Kier alpha value is -2.18. The van der Waals surface area contributed by atoms with Crippen molar-refractivity contribution in [2.75, 3.05) is 25.1 Å². The van der Waals surface area contributed by atoms with Gasteiger partial charge in [-0.2, -0.15) is 0 Å². The van der Waals surface area contributed by atoms with Crippen LogP contribution < -0.4 is 4.90 Å². The predicted molar refractivity (Wildman–Crippen MR) is 65.9 cm³/mol. The number of anilines is 1. The number of hydrogen-bond acceptors (Lipinski definition) is 6. The first-order chi connectivity index (χ1) is 9.02. The largest absolute Gasteiger partial charge is 0.481 e. The maximum absolute atomic E-state index is 11.4. The minimum absolute atomic E-state index is 0.0288. The van der Waals surface area contributed by atoms with Crippen LogP contribution in [0.1, 0.15) is 17.4 Å². The molecule has 1 saturated heterocycles. The molecule has 1 aliphatic rings. The molecule has 1 aromatic heterocycles. The summed E-state index contributed by atoms with van der Waals surface area (Å²) in [5, 5.41) is 9.09. The summed E-state index contributed by atoms with van der Waals surface area (Å²) < 4.78 is 4.58. The average molecular weight is 265 g/mol. The molecule has 0 saturated carbocycles. The Morgan fingerprint density at radius 2 is 2.16 bits per heavy atom. The van der Waals surface area contributed by atoms with E-state index in [1.807, 2.05) is 11.8 Å². The summed E-state index contributed by atoms with van der Waals surface area (Å²) in [6.45, 7) is 2.84. The number of rotatable bonds is 3. The van der Waals surface area contributed by atoms with E-state index < -0.39 is 17.9 Å². The van der Waals surface area contributed by atoms with E-state index in [-0.39, 0.29) is 11.6 Å². The number of methoxy groups -OCH3 is 1. The van der Waals surface area contributed by atoms with Crippen molar-refractivity contribution in [3.05, 3.63) is 18.1 Å². The van der Waals surface area contributed by atoms with E-state index in [2.05, 4.69) is 14.7 Å². The Morgan fingerprint density at radius 3 is 2.74 bits per heavy atom. The second kappa shape index (κ2) is 5.21. The molecule has 0 aromatic carbocycles. The van der Waals surface area contributed by atoms with Crippen molar-refractivity contribution in [2.24, 2.45) is 11.8 Å². The predicted octanol–water partition coefficient (Wildman–Crippen LogP) is 0.420. The van der Waals surface area contributed by atoms with Crippen molar-refractivity contribution in [1.82, 2.24) is 9.97 Å². The number of aliphatic carboxylic acids is 1. The number of esters is 1. The Labute approximate surface area is 110 Å². The molecule has 0 amide bonds. The van der Waals surface area contributed by atoms with Gasteiger partial charge in [-0.3, -0.25) is 9.78 Å². The quantitative estimate of drug-likeness (QED) is 0.791. The topological polar surface area (TPSA) is 92.6 Å². The van der Waals surface area contributed by atoms with Gasteiger partial charge in [0.25, 0.3) is 0 Å². The highest BCUT2D eigenvalue weighted by Gasteiger charge is 2.35. The van der Waals surface area contributed by atoms with Crippen molar-refractivity contribution >= 4 is 17.8 Å². The number of carboxylic acid groups (broad SMARTS) is 1. The van der Waals surface area contributed by atoms with Gasteiger partial charge in [0.05, 0.1) is 25.4 Å². The van der Waals surface area contributed by atoms with Gasteiger partial charge < -0.3 is 14.7 Å². The lowest BCUT2D eigenvalue weighted by atomic mass is 9.99. The van der Waals surface area contributed by atoms with E-state index in [0.29, 0.717) is 18.9 Å². The van der Waals surface area contributed by atoms with Gasteiger partial charge >= 0.3 is 11.9 Å². The van der Waals surface area contributed by atoms with Crippen LogP contribution in [0.15, 0.2) is 12.4 Å². The summed E-state index contributed by atoms with van der Waals surface area (Å²) in [4.78, 5) is 32.4. The summed E-state index contributed by atoms with van der Waals surface area (Å²) in [6.07, 6.45) is 2.84. The van der Waals surface area contributed by atoms with Crippen LogP contribution in [0.25, 0.3) is 0 Å². The standard InChI is InChI=1S/C12H15N3O4/c1-7-5-15(6-8(7)11(16)17)10-4-13-3-9(14-10)12(18)19-2/h3-4,7-8H,5-6H2,1-2H3,(H,16,17)/t7-,8-/m1/s1. The molecule has 1 aliphatic heterocycles. The van der Waals surface area contributed by atoms with E-state index in [1.54, 1.807) is 0 Å². The maximum Gasteiger partial charge on any atom is 0.358 e. The lowest BCUT2D eigenvalue weighted by Crippen LogP contribution is -2.24.